The lowest BCUT2D eigenvalue weighted by Crippen LogP contribution is -2.26. The van der Waals surface area contributed by atoms with Gasteiger partial charge in [0, 0.05) is 34.3 Å². The fourth-order valence-electron chi connectivity index (χ4n) is 3.55. The second-order valence-electron chi connectivity index (χ2n) is 6.89. The second-order valence-corrected chi connectivity index (χ2v) is 9.10. The third-order valence-corrected chi connectivity index (χ3v) is 7.20. The fourth-order valence-corrected chi connectivity index (χ4v) is 5.73. The van der Waals surface area contributed by atoms with E-state index in [1.807, 2.05) is 12.1 Å². The Morgan fingerprint density at radius 3 is 2.80 bits per heavy atom. The summed E-state index contributed by atoms with van der Waals surface area (Å²) in [6.45, 7) is 1.59. The number of hydrogen-bond acceptors (Lipinski definition) is 6. The number of nitrogens with one attached hydrogen (secondary N) is 1. The number of anilines is 1. The van der Waals surface area contributed by atoms with Crippen molar-refractivity contribution in [2.75, 3.05) is 17.6 Å². The molecule has 0 bridgehead atoms. The highest BCUT2D eigenvalue weighted by atomic mass is 35.5. The van der Waals surface area contributed by atoms with Gasteiger partial charge in [0.25, 0.3) is 0 Å². The van der Waals surface area contributed by atoms with Gasteiger partial charge in [-0.1, -0.05) is 71.5 Å². The van der Waals surface area contributed by atoms with E-state index in [9.17, 15) is 0 Å². The van der Waals surface area contributed by atoms with Crippen molar-refractivity contribution in [2.45, 2.75) is 19.0 Å². The molecule has 0 aromatic heterocycles. The number of benzene rings is 2. The molecule has 3 aliphatic rings. The van der Waals surface area contributed by atoms with Gasteiger partial charge in [0.15, 0.2) is 10.3 Å². The number of hydrogen-bond donors (Lipinski definition) is 1. The first kappa shape index (κ1) is 23.4. The van der Waals surface area contributed by atoms with Crippen molar-refractivity contribution in [1.82, 2.24) is 4.90 Å². The van der Waals surface area contributed by atoms with Gasteiger partial charge in [-0.15, -0.1) is 24.8 Å². The van der Waals surface area contributed by atoms with Crippen molar-refractivity contribution in [3.8, 4) is 0 Å². The maximum absolute atomic E-state index is 6.26. The van der Waals surface area contributed by atoms with E-state index in [0.29, 0.717) is 12.6 Å². The highest BCUT2D eigenvalue weighted by Crippen LogP contribution is 2.35. The zero-order chi connectivity index (χ0) is 18.9. The maximum Gasteiger partial charge on any atom is 0.168 e. The van der Waals surface area contributed by atoms with E-state index in [4.69, 9.17) is 16.6 Å². The van der Waals surface area contributed by atoms with Crippen molar-refractivity contribution >= 4 is 76.0 Å². The van der Waals surface area contributed by atoms with Crippen molar-refractivity contribution in [2.24, 2.45) is 9.98 Å². The highest BCUT2D eigenvalue weighted by Gasteiger charge is 2.32. The van der Waals surface area contributed by atoms with Crippen molar-refractivity contribution in [3.63, 3.8) is 0 Å². The molecule has 1 N–H and O–H groups in total. The van der Waals surface area contributed by atoms with Crippen LogP contribution in [-0.2, 0) is 13.0 Å². The number of thioether (sulfide) groups is 2. The lowest BCUT2D eigenvalue weighted by molar-refractivity contribution is 0.512. The fraction of sp³-hybridized carbons (Fsp3) is 0.238. The summed E-state index contributed by atoms with van der Waals surface area (Å²) in [6, 6.07) is 16.9. The summed E-state index contributed by atoms with van der Waals surface area (Å²) in [5.41, 5.74) is 4.79. The standard InChI is InChI=1S/C21H19ClN4S2.2ClH/c22-18-7-4-8-19-17(18)10-23-20(25-19)27-12-16-13-28-21-24-15(11-26(16)21)9-14-5-2-1-3-6-14;;/h1-8,13,15H,9-12H2,(H,23,25);2*1H. The molecule has 0 amide bonds. The third kappa shape index (κ3) is 4.94. The first-order chi connectivity index (χ1) is 13.8. The number of halogens is 3. The van der Waals surface area contributed by atoms with E-state index in [1.54, 1.807) is 23.5 Å². The van der Waals surface area contributed by atoms with E-state index in [2.05, 4.69) is 57.0 Å². The lowest BCUT2D eigenvalue weighted by atomic mass is 10.1. The molecule has 3 heterocycles. The Morgan fingerprint density at radius 2 is 1.97 bits per heavy atom. The average molecular weight is 500 g/mol. The average Bonchev–Trinajstić information content (AvgIpc) is 3.28. The van der Waals surface area contributed by atoms with Crippen molar-refractivity contribution < 1.29 is 0 Å². The number of amidine groups is 2. The molecule has 2 aromatic carbocycles. The molecule has 5 rings (SSSR count). The van der Waals surface area contributed by atoms with Gasteiger partial charge in [-0.2, -0.15) is 0 Å². The predicted octanol–water partition coefficient (Wildman–Crippen LogP) is 6.07. The quantitative estimate of drug-likeness (QED) is 0.554. The Bertz CT molecular complexity index is 995. The number of fused-ring (bicyclic) bond motifs is 2. The molecule has 0 radical (unpaired) electrons. The zero-order valence-electron chi connectivity index (χ0n) is 16.0. The molecule has 158 valence electrons. The minimum Gasteiger partial charge on any atom is -0.335 e. The Balaban J connectivity index is 0.00000128. The predicted molar refractivity (Wildman–Crippen MR) is 137 cm³/mol. The van der Waals surface area contributed by atoms with Gasteiger partial charge < -0.3 is 10.2 Å². The van der Waals surface area contributed by atoms with Crippen LogP contribution in [0.1, 0.15) is 11.1 Å². The molecule has 2 aromatic rings. The Morgan fingerprint density at radius 1 is 1.13 bits per heavy atom. The Hall–Kier alpha value is -1.31. The summed E-state index contributed by atoms with van der Waals surface area (Å²) >= 11 is 9.73. The number of aliphatic imine (C=N–C) groups is 2. The molecule has 4 nitrogen and oxygen atoms in total. The van der Waals surface area contributed by atoms with Gasteiger partial charge in [-0.25, -0.2) is 0 Å². The molecule has 0 aliphatic carbocycles. The minimum atomic E-state index is 0. The molecular formula is C21H21Cl3N4S2. The van der Waals surface area contributed by atoms with Crippen LogP contribution in [0.2, 0.25) is 5.02 Å². The number of rotatable bonds is 4. The van der Waals surface area contributed by atoms with Crippen molar-refractivity contribution in [3.05, 3.63) is 75.8 Å². The smallest absolute Gasteiger partial charge is 0.168 e. The lowest BCUT2D eigenvalue weighted by Gasteiger charge is -2.21. The van der Waals surface area contributed by atoms with E-state index in [0.717, 1.165) is 45.3 Å². The van der Waals surface area contributed by atoms with Gasteiger partial charge >= 0.3 is 0 Å². The first-order valence-electron chi connectivity index (χ1n) is 9.23. The molecule has 0 saturated carbocycles. The first-order valence-corrected chi connectivity index (χ1v) is 11.5. The van der Waals surface area contributed by atoms with Crippen LogP contribution < -0.4 is 5.32 Å². The largest absolute Gasteiger partial charge is 0.335 e. The monoisotopic (exact) mass is 498 g/mol. The molecule has 30 heavy (non-hydrogen) atoms. The summed E-state index contributed by atoms with van der Waals surface area (Å²) in [5.74, 6) is 0.881. The van der Waals surface area contributed by atoms with Gasteiger partial charge in [0.1, 0.15) is 0 Å². The normalized spacial score (nSPS) is 18.8. The molecule has 1 atom stereocenters. The van der Waals surface area contributed by atoms with Gasteiger partial charge in [0.2, 0.25) is 0 Å². The summed E-state index contributed by atoms with van der Waals surface area (Å²) < 4.78 is 0. The Labute approximate surface area is 202 Å². The minimum absolute atomic E-state index is 0. The van der Waals surface area contributed by atoms with E-state index < -0.39 is 0 Å². The van der Waals surface area contributed by atoms with Crippen LogP contribution in [0.3, 0.4) is 0 Å². The Kier molecular flexibility index (Phi) is 8.04. The summed E-state index contributed by atoms with van der Waals surface area (Å²) in [7, 11) is 0. The summed E-state index contributed by atoms with van der Waals surface area (Å²) in [6.07, 6.45) is 0.994. The van der Waals surface area contributed by atoms with Gasteiger partial charge in [-0.05, 0) is 29.5 Å². The van der Waals surface area contributed by atoms with E-state index in [-0.39, 0.29) is 24.8 Å². The van der Waals surface area contributed by atoms with E-state index >= 15 is 0 Å². The second kappa shape index (κ2) is 10.3. The van der Waals surface area contributed by atoms with Crippen LogP contribution in [0.4, 0.5) is 5.69 Å². The molecule has 1 unspecified atom stereocenters. The van der Waals surface area contributed by atoms with Crippen LogP contribution in [0.25, 0.3) is 0 Å². The third-order valence-electron chi connectivity index (χ3n) is 4.98. The van der Waals surface area contributed by atoms with Crippen LogP contribution >= 0.6 is 59.9 Å². The summed E-state index contributed by atoms with van der Waals surface area (Å²) in [4.78, 5) is 11.9. The van der Waals surface area contributed by atoms with Crippen LogP contribution in [0.15, 0.2) is 69.6 Å². The molecule has 3 aliphatic heterocycles. The van der Waals surface area contributed by atoms with Crippen molar-refractivity contribution in [1.29, 1.82) is 0 Å². The van der Waals surface area contributed by atoms with E-state index in [1.165, 1.54) is 11.3 Å². The van der Waals surface area contributed by atoms with Gasteiger partial charge in [0.05, 0.1) is 12.6 Å². The van der Waals surface area contributed by atoms with Gasteiger partial charge in [-0.3, -0.25) is 9.98 Å². The molecule has 0 spiro atoms. The SMILES string of the molecule is Cl.Cl.Clc1cccc2c1CN=C(SCC1=CSC3=NC(Cc4ccccc4)CN13)N2. The number of nitrogens with zero attached hydrogens (tertiary/aromatic N) is 3. The summed E-state index contributed by atoms with van der Waals surface area (Å²) in [5, 5.41) is 8.48. The van der Waals surface area contributed by atoms with Crippen LogP contribution in [0, 0.1) is 0 Å². The van der Waals surface area contributed by atoms with Crippen LogP contribution in [-0.4, -0.2) is 33.6 Å². The zero-order valence-corrected chi connectivity index (χ0v) is 20.0. The molecule has 0 fully saturated rings. The maximum atomic E-state index is 6.26. The topological polar surface area (TPSA) is 40.0 Å². The molecular weight excluding hydrogens is 479 g/mol. The highest BCUT2D eigenvalue weighted by molar-refractivity contribution is 8.17. The molecule has 0 saturated heterocycles. The molecule has 9 heteroatoms. The van der Waals surface area contributed by atoms with Crippen LogP contribution in [0.5, 0.6) is 0 Å².